The molecule has 0 saturated carbocycles. The maximum Gasteiger partial charge on any atom is 0.191 e. The lowest BCUT2D eigenvalue weighted by molar-refractivity contribution is 0.189. The van der Waals surface area contributed by atoms with Crippen LogP contribution in [0.5, 0.6) is 0 Å². The molecule has 1 aromatic rings. The lowest BCUT2D eigenvalue weighted by atomic mass is 9.99. The van der Waals surface area contributed by atoms with E-state index in [1.165, 1.54) is 55.8 Å². The van der Waals surface area contributed by atoms with Crippen LogP contribution in [-0.4, -0.2) is 43.6 Å². The molecule has 2 rings (SSSR count). The minimum absolute atomic E-state index is 0.769. The summed E-state index contributed by atoms with van der Waals surface area (Å²) in [6, 6.07) is 2.16. The van der Waals surface area contributed by atoms with Gasteiger partial charge in [0.05, 0.1) is 6.54 Å². The molecule has 1 aliphatic rings. The summed E-state index contributed by atoms with van der Waals surface area (Å²) in [5.41, 5.74) is 1.34. The van der Waals surface area contributed by atoms with Crippen molar-refractivity contribution in [2.45, 2.75) is 53.0 Å². The van der Waals surface area contributed by atoms with Crippen molar-refractivity contribution in [1.29, 1.82) is 0 Å². The molecular formula is C19H34N4S. The molecule has 1 fully saturated rings. The first-order valence-corrected chi connectivity index (χ1v) is 10.3. The van der Waals surface area contributed by atoms with Crippen LogP contribution in [0.4, 0.5) is 0 Å². The van der Waals surface area contributed by atoms with E-state index >= 15 is 0 Å². The monoisotopic (exact) mass is 350 g/mol. The second kappa shape index (κ2) is 10.7. The number of piperidine rings is 1. The molecule has 0 unspecified atom stereocenters. The molecule has 5 heteroatoms. The van der Waals surface area contributed by atoms with Crippen LogP contribution in [0.25, 0.3) is 0 Å². The van der Waals surface area contributed by atoms with E-state index in [1.54, 1.807) is 11.3 Å². The molecule has 136 valence electrons. The summed E-state index contributed by atoms with van der Waals surface area (Å²) in [5, 5.41) is 8.96. The minimum atomic E-state index is 0.769. The Balaban J connectivity index is 1.63. The van der Waals surface area contributed by atoms with Gasteiger partial charge in [0, 0.05) is 18.0 Å². The topological polar surface area (TPSA) is 39.7 Å². The van der Waals surface area contributed by atoms with E-state index in [-0.39, 0.29) is 0 Å². The maximum atomic E-state index is 4.71. The zero-order valence-electron chi connectivity index (χ0n) is 15.6. The molecule has 0 spiro atoms. The quantitative estimate of drug-likeness (QED) is 0.427. The van der Waals surface area contributed by atoms with Gasteiger partial charge in [-0.05, 0) is 82.1 Å². The summed E-state index contributed by atoms with van der Waals surface area (Å²) < 4.78 is 0. The third-order valence-corrected chi connectivity index (χ3v) is 5.77. The van der Waals surface area contributed by atoms with Gasteiger partial charge in [-0.25, -0.2) is 4.99 Å². The van der Waals surface area contributed by atoms with Crippen LogP contribution < -0.4 is 10.6 Å². The smallest absolute Gasteiger partial charge is 0.191 e. The van der Waals surface area contributed by atoms with Crippen LogP contribution in [0.1, 0.15) is 50.0 Å². The summed E-state index contributed by atoms with van der Waals surface area (Å²) in [6.45, 7) is 13.1. The van der Waals surface area contributed by atoms with Crippen molar-refractivity contribution < 1.29 is 0 Å². The third-order valence-electron chi connectivity index (χ3n) is 4.76. The fourth-order valence-corrected chi connectivity index (χ4v) is 3.84. The van der Waals surface area contributed by atoms with E-state index in [0.717, 1.165) is 31.5 Å². The van der Waals surface area contributed by atoms with Crippen LogP contribution in [0, 0.1) is 12.8 Å². The maximum absolute atomic E-state index is 4.71. The Hall–Kier alpha value is -1.07. The fourth-order valence-electron chi connectivity index (χ4n) is 3.01. The summed E-state index contributed by atoms with van der Waals surface area (Å²) in [6.07, 6.45) is 5.22. The molecular weight excluding hydrogens is 316 g/mol. The van der Waals surface area contributed by atoms with Crippen molar-refractivity contribution in [2.75, 3.05) is 32.7 Å². The zero-order valence-corrected chi connectivity index (χ0v) is 16.4. The highest BCUT2D eigenvalue weighted by Crippen LogP contribution is 2.17. The first-order valence-electron chi connectivity index (χ1n) is 9.46. The van der Waals surface area contributed by atoms with Gasteiger partial charge < -0.3 is 15.5 Å². The lowest BCUT2D eigenvalue weighted by Crippen LogP contribution is -2.38. The van der Waals surface area contributed by atoms with Gasteiger partial charge in [-0.15, -0.1) is 11.3 Å². The van der Waals surface area contributed by atoms with Crippen LogP contribution in [0.2, 0.25) is 0 Å². The van der Waals surface area contributed by atoms with Gasteiger partial charge in [0.25, 0.3) is 0 Å². The number of nitrogens with zero attached hydrogens (tertiary/aromatic N) is 2. The first kappa shape index (κ1) is 19.3. The number of hydrogen-bond donors (Lipinski definition) is 2. The van der Waals surface area contributed by atoms with Crippen molar-refractivity contribution >= 4 is 17.3 Å². The number of guanidine groups is 1. The number of likely N-dealkylation sites (tertiary alicyclic amines) is 1. The Labute approximate surface area is 151 Å². The van der Waals surface area contributed by atoms with E-state index in [1.807, 2.05) is 0 Å². The molecule has 0 atom stereocenters. The predicted molar refractivity (Wildman–Crippen MR) is 106 cm³/mol. The molecule has 1 aromatic heterocycles. The third kappa shape index (κ3) is 6.81. The van der Waals surface area contributed by atoms with Crippen LogP contribution in [-0.2, 0) is 6.54 Å². The number of rotatable bonds is 8. The molecule has 1 aliphatic heterocycles. The average molecular weight is 351 g/mol. The lowest BCUT2D eigenvalue weighted by Gasteiger charge is -2.30. The summed E-state index contributed by atoms with van der Waals surface area (Å²) in [4.78, 5) is 8.68. The van der Waals surface area contributed by atoms with Crippen molar-refractivity contribution in [3.8, 4) is 0 Å². The van der Waals surface area contributed by atoms with Gasteiger partial charge in [0.1, 0.15) is 0 Å². The number of aryl methyl sites for hydroxylation is 1. The molecule has 2 N–H and O–H groups in total. The van der Waals surface area contributed by atoms with Crippen molar-refractivity contribution in [3.63, 3.8) is 0 Å². The van der Waals surface area contributed by atoms with E-state index in [2.05, 4.69) is 47.8 Å². The largest absolute Gasteiger partial charge is 0.357 e. The minimum Gasteiger partial charge on any atom is -0.357 e. The number of hydrogen-bond acceptors (Lipinski definition) is 3. The molecule has 0 aliphatic carbocycles. The van der Waals surface area contributed by atoms with Crippen molar-refractivity contribution in [1.82, 2.24) is 15.5 Å². The molecule has 24 heavy (non-hydrogen) atoms. The van der Waals surface area contributed by atoms with Crippen molar-refractivity contribution in [3.05, 3.63) is 21.9 Å². The van der Waals surface area contributed by atoms with Gasteiger partial charge in [-0.3, -0.25) is 0 Å². The Morgan fingerprint density at radius 3 is 2.75 bits per heavy atom. The number of nitrogens with one attached hydrogen (secondary N) is 2. The van der Waals surface area contributed by atoms with Gasteiger partial charge in [0.2, 0.25) is 0 Å². The molecule has 0 amide bonds. The average Bonchev–Trinajstić information content (AvgIpc) is 2.99. The van der Waals surface area contributed by atoms with Crippen molar-refractivity contribution in [2.24, 2.45) is 10.9 Å². The zero-order chi connectivity index (χ0) is 17.2. The highest BCUT2D eigenvalue weighted by molar-refractivity contribution is 7.10. The molecule has 0 bridgehead atoms. The number of thiophene rings is 1. The fraction of sp³-hybridized carbons (Fsp3) is 0.737. The van der Waals surface area contributed by atoms with Crippen LogP contribution in [0.15, 0.2) is 16.4 Å². The standard InChI is InChI=1S/C19H34N4S/c1-4-20-19(22-15-18-17(3)9-14-24-18)21-10-5-6-11-23-12-7-16(2)8-13-23/h9,14,16H,4-8,10-13,15H2,1-3H3,(H2,20,21,22). The van der Waals surface area contributed by atoms with Crippen LogP contribution in [0.3, 0.4) is 0 Å². The van der Waals surface area contributed by atoms with Gasteiger partial charge in [-0.1, -0.05) is 6.92 Å². The molecule has 2 heterocycles. The Morgan fingerprint density at radius 1 is 1.29 bits per heavy atom. The SMILES string of the molecule is CCNC(=NCc1sccc1C)NCCCCN1CCC(C)CC1. The summed E-state index contributed by atoms with van der Waals surface area (Å²) in [5.74, 6) is 1.87. The normalized spacial score (nSPS) is 17.2. The number of aliphatic imine (C=N–C) groups is 1. The Morgan fingerprint density at radius 2 is 2.08 bits per heavy atom. The molecule has 0 radical (unpaired) electrons. The highest BCUT2D eigenvalue weighted by atomic mass is 32.1. The van der Waals surface area contributed by atoms with Gasteiger partial charge in [0.15, 0.2) is 5.96 Å². The number of unbranched alkanes of at least 4 members (excludes halogenated alkanes) is 1. The molecule has 4 nitrogen and oxygen atoms in total. The second-order valence-electron chi connectivity index (χ2n) is 6.88. The predicted octanol–water partition coefficient (Wildman–Crippen LogP) is 3.62. The van der Waals surface area contributed by atoms with E-state index in [4.69, 9.17) is 4.99 Å². The van der Waals surface area contributed by atoms with E-state index < -0.39 is 0 Å². The Bertz CT molecular complexity index is 489. The summed E-state index contributed by atoms with van der Waals surface area (Å²) in [7, 11) is 0. The van der Waals surface area contributed by atoms with Crippen LogP contribution >= 0.6 is 11.3 Å². The summed E-state index contributed by atoms with van der Waals surface area (Å²) >= 11 is 1.79. The molecule has 0 aromatic carbocycles. The Kier molecular flexibility index (Phi) is 8.60. The van der Waals surface area contributed by atoms with Gasteiger partial charge >= 0.3 is 0 Å². The first-order chi connectivity index (χ1) is 11.7. The van der Waals surface area contributed by atoms with E-state index in [0.29, 0.717) is 0 Å². The highest BCUT2D eigenvalue weighted by Gasteiger charge is 2.14. The molecule has 1 saturated heterocycles. The van der Waals surface area contributed by atoms with E-state index in [9.17, 15) is 0 Å². The second-order valence-corrected chi connectivity index (χ2v) is 7.88. The van der Waals surface area contributed by atoms with Gasteiger partial charge in [-0.2, -0.15) is 0 Å².